The molecule has 0 aromatic heterocycles. The van der Waals surface area contributed by atoms with E-state index in [0.717, 1.165) is 39.4 Å². The number of nitrogens with zero attached hydrogens (tertiary/aromatic N) is 1. The molecule has 1 aliphatic heterocycles. The van der Waals surface area contributed by atoms with Crippen LogP contribution in [0, 0.1) is 0 Å². The summed E-state index contributed by atoms with van der Waals surface area (Å²) in [6.45, 7) is 16.2. The van der Waals surface area contributed by atoms with Crippen molar-refractivity contribution in [1.82, 2.24) is 10.2 Å². The number of morpholine rings is 1. The zero-order valence-corrected chi connectivity index (χ0v) is 12.7. The van der Waals surface area contributed by atoms with E-state index in [1.807, 2.05) is 6.92 Å². The molecule has 1 rings (SSSR count). The van der Waals surface area contributed by atoms with Crippen LogP contribution in [0.15, 0.2) is 0 Å². The average molecular weight is 258 g/mol. The molecule has 1 N–H and O–H groups in total. The third kappa shape index (κ3) is 5.65. The van der Waals surface area contributed by atoms with Crippen LogP contribution >= 0.6 is 0 Å². The molecule has 0 aromatic rings. The van der Waals surface area contributed by atoms with Crippen LogP contribution in [0.25, 0.3) is 0 Å². The standard InChI is InChI=1S/C14H30N2O2/c1-6-18-14(4,5)11-15-9-13-10-16(12(2)3)7-8-17-13/h12-13,15H,6-11H2,1-5H3. The van der Waals surface area contributed by atoms with Crippen molar-refractivity contribution in [3.05, 3.63) is 0 Å². The van der Waals surface area contributed by atoms with Crippen molar-refractivity contribution in [3.8, 4) is 0 Å². The molecule has 4 nitrogen and oxygen atoms in total. The van der Waals surface area contributed by atoms with Gasteiger partial charge in [-0.25, -0.2) is 0 Å². The van der Waals surface area contributed by atoms with E-state index >= 15 is 0 Å². The number of rotatable bonds is 7. The second kappa shape index (κ2) is 7.43. The lowest BCUT2D eigenvalue weighted by Crippen LogP contribution is -2.50. The first kappa shape index (κ1) is 15.9. The molecule has 0 saturated carbocycles. The normalized spacial score (nSPS) is 22.7. The SMILES string of the molecule is CCOC(C)(C)CNCC1CN(C(C)C)CCO1. The number of nitrogens with one attached hydrogen (secondary N) is 1. The smallest absolute Gasteiger partial charge is 0.0826 e. The molecule has 0 spiro atoms. The van der Waals surface area contributed by atoms with Gasteiger partial charge in [0.05, 0.1) is 18.3 Å². The van der Waals surface area contributed by atoms with E-state index in [4.69, 9.17) is 9.47 Å². The summed E-state index contributed by atoms with van der Waals surface area (Å²) in [5.41, 5.74) is -0.0961. The summed E-state index contributed by atoms with van der Waals surface area (Å²) in [7, 11) is 0. The Bertz CT molecular complexity index is 232. The summed E-state index contributed by atoms with van der Waals surface area (Å²) in [5.74, 6) is 0. The van der Waals surface area contributed by atoms with Gasteiger partial charge in [-0.3, -0.25) is 4.90 Å². The quantitative estimate of drug-likeness (QED) is 0.750. The predicted octanol–water partition coefficient (Wildman–Crippen LogP) is 1.50. The van der Waals surface area contributed by atoms with Gasteiger partial charge in [-0.15, -0.1) is 0 Å². The monoisotopic (exact) mass is 258 g/mol. The van der Waals surface area contributed by atoms with Crippen LogP contribution in [0.5, 0.6) is 0 Å². The lowest BCUT2D eigenvalue weighted by molar-refractivity contribution is -0.0436. The lowest BCUT2D eigenvalue weighted by atomic mass is 10.1. The van der Waals surface area contributed by atoms with Gasteiger partial charge in [0.25, 0.3) is 0 Å². The van der Waals surface area contributed by atoms with Crippen molar-refractivity contribution in [3.63, 3.8) is 0 Å². The van der Waals surface area contributed by atoms with E-state index in [1.54, 1.807) is 0 Å². The van der Waals surface area contributed by atoms with Crippen molar-refractivity contribution >= 4 is 0 Å². The molecule has 0 amide bonds. The van der Waals surface area contributed by atoms with Gasteiger partial charge in [0.2, 0.25) is 0 Å². The molecule has 1 saturated heterocycles. The minimum atomic E-state index is -0.0961. The minimum absolute atomic E-state index is 0.0961. The van der Waals surface area contributed by atoms with Gasteiger partial charge in [0.15, 0.2) is 0 Å². The van der Waals surface area contributed by atoms with Gasteiger partial charge in [-0.05, 0) is 34.6 Å². The average Bonchev–Trinajstić information content (AvgIpc) is 2.29. The molecule has 0 aromatic carbocycles. The first-order valence-corrected chi connectivity index (χ1v) is 7.15. The zero-order valence-electron chi connectivity index (χ0n) is 12.7. The van der Waals surface area contributed by atoms with Crippen LogP contribution in [0.4, 0.5) is 0 Å². The van der Waals surface area contributed by atoms with Gasteiger partial charge >= 0.3 is 0 Å². The molecule has 0 radical (unpaired) electrons. The van der Waals surface area contributed by atoms with Gasteiger partial charge < -0.3 is 14.8 Å². The van der Waals surface area contributed by atoms with Crippen molar-refractivity contribution in [1.29, 1.82) is 0 Å². The Morgan fingerprint density at radius 1 is 1.44 bits per heavy atom. The fourth-order valence-corrected chi connectivity index (χ4v) is 2.31. The topological polar surface area (TPSA) is 33.7 Å². The van der Waals surface area contributed by atoms with Crippen LogP contribution in [0.3, 0.4) is 0 Å². The largest absolute Gasteiger partial charge is 0.375 e. The lowest BCUT2D eigenvalue weighted by Gasteiger charge is -2.36. The first-order chi connectivity index (χ1) is 8.44. The van der Waals surface area contributed by atoms with Crippen molar-refractivity contribution < 1.29 is 9.47 Å². The second-order valence-corrected chi connectivity index (χ2v) is 5.91. The molecule has 1 aliphatic rings. The third-order valence-electron chi connectivity index (χ3n) is 3.36. The summed E-state index contributed by atoms with van der Waals surface area (Å²) in [6.07, 6.45) is 0.304. The maximum absolute atomic E-state index is 5.79. The van der Waals surface area contributed by atoms with Gasteiger partial charge in [0, 0.05) is 38.8 Å². The molecular weight excluding hydrogens is 228 g/mol. The summed E-state index contributed by atoms with van der Waals surface area (Å²) in [6, 6.07) is 0.608. The van der Waals surface area contributed by atoms with E-state index in [9.17, 15) is 0 Å². The molecule has 0 aliphatic carbocycles. The highest BCUT2D eigenvalue weighted by Crippen LogP contribution is 2.10. The van der Waals surface area contributed by atoms with Crippen molar-refractivity contribution in [2.75, 3.05) is 39.4 Å². The number of hydrogen-bond acceptors (Lipinski definition) is 4. The molecule has 1 fully saturated rings. The van der Waals surface area contributed by atoms with Crippen LogP contribution in [-0.2, 0) is 9.47 Å². The second-order valence-electron chi connectivity index (χ2n) is 5.91. The molecule has 18 heavy (non-hydrogen) atoms. The van der Waals surface area contributed by atoms with Gasteiger partial charge in [-0.1, -0.05) is 0 Å². The highest BCUT2D eigenvalue weighted by Gasteiger charge is 2.23. The number of ether oxygens (including phenoxy) is 2. The molecule has 1 heterocycles. The highest BCUT2D eigenvalue weighted by atomic mass is 16.5. The van der Waals surface area contributed by atoms with E-state index in [0.29, 0.717) is 12.1 Å². The molecule has 108 valence electrons. The summed E-state index contributed by atoms with van der Waals surface area (Å²) in [5, 5.41) is 3.46. The molecule has 1 unspecified atom stereocenters. The Morgan fingerprint density at radius 2 is 2.17 bits per heavy atom. The minimum Gasteiger partial charge on any atom is -0.375 e. The summed E-state index contributed by atoms with van der Waals surface area (Å²) < 4.78 is 11.5. The Balaban J connectivity index is 2.23. The van der Waals surface area contributed by atoms with E-state index in [2.05, 4.69) is 37.9 Å². The van der Waals surface area contributed by atoms with Crippen LogP contribution < -0.4 is 5.32 Å². The van der Waals surface area contributed by atoms with Crippen LogP contribution in [0.2, 0.25) is 0 Å². The molecule has 1 atom stereocenters. The van der Waals surface area contributed by atoms with Gasteiger partial charge in [0.1, 0.15) is 0 Å². The van der Waals surface area contributed by atoms with E-state index in [1.165, 1.54) is 0 Å². The van der Waals surface area contributed by atoms with E-state index < -0.39 is 0 Å². The molecular formula is C14H30N2O2. The van der Waals surface area contributed by atoms with E-state index in [-0.39, 0.29) is 5.60 Å². The molecule has 0 bridgehead atoms. The third-order valence-corrected chi connectivity index (χ3v) is 3.36. The van der Waals surface area contributed by atoms with Crippen molar-refractivity contribution in [2.24, 2.45) is 0 Å². The van der Waals surface area contributed by atoms with Crippen LogP contribution in [0.1, 0.15) is 34.6 Å². The Labute approximate surface area is 112 Å². The summed E-state index contributed by atoms with van der Waals surface area (Å²) in [4.78, 5) is 2.48. The van der Waals surface area contributed by atoms with Crippen LogP contribution in [-0.4, -0.2) is 62.0 Å². The van der Waals surface area contributed by atoms with Gasteiger partial charge in [-0.2, -0.15) is 0 Å². The maximum Gasteiger partial charge on any atom is 0.0826 e. The van der Waals surface area contributed by atoms with Crippen molar-refractivity contribution in [2.45, 2.75) is 52.4 Å². The zero-order chi connectivity index (χ0) is 13.6. The Kier molecular flexibility index (Phi) is 6.57. The Hall–Kier alpha value is -0.160. The predicted molar refractivity (Wildman–Crippen MR) is 75.0 cm³/mol. The Morgan fingerprint density at radius 3 is 2.78 bits per heavy atom. The first-order valence-electron chi connectivity index (χ1n) is 7.15. The highest BCUT2D eigenvalue weighted by molar-refractivity contribution is 4.78. The number of hydrogen-bond donors (Lipinski definition) is 1. The summed E-state index contributed by atoms with van der Waals surface area (Å²) >= 11 is 0. The fourth-order valence-electron chi connectivity index (χ4n) is 2.31. The fraction of sp³-hybridized carbons (Fsp3) is 1.00. The maximum atomic E-state index is 5.79. The molecule has 4 heteroatoms.